The summed E-state index contributed by atoms with van der Waals surface area (Å²) in [6.45, 7) is 1.82. The van der Waals surface area contributed by atoms with Crippen molar-refractivity contribution in [1.82, 2.24) is 4.98 Å². The van der Waals surface area contributed by atoms with Crippen LogP contribution in [0.1, 0.15) is 24.1 Å². The molecule has 1 aromatic heterocycles. The molecule has 0 fully saturated rings. The predicted octanol–water partition coefficient (Wildman–Crippen LogP) is 2.57. The zero-order chi connectivity index (χ0) is 12.4. The lowest BCUT2D eigenvalue weighted by Crippen LogP contribution is -2.09. The topological polar surface area (TPSA) is 65.8 Å². The lowest BCUT2D eigenvalue weighted by atomic mass is 10.2. The van der Waals surface area contributed by atoms with E-state index in [0.29, 0.717) is 17.8 Å². The van der Waals surface area contributed by atoms with Crippen LogP contribution in [-0.2, 0) is 4.79 Å². The molecule has 0 atom stereocenters. The number of hydrogen-bond donors (Lipinski definition) is 1. The number of carbonyl (C=O) groups is 1. The Bertz CT molecular complexity index is 558. The van der Waals surface area contributed by atoms with Crippen molar-refractivity contribution < 1.29 is 4.79 Å². The quantitative estimate of drug-likeness (QED) is 0.816. The third-order valence-electron chi connectivity index (χ3n) is 2.57. The van der Waals surface area contributed by atoms with Gasteiger partial charge >= 0.3 is 0 Å². The molecule has 2 rings (SSSR count). The van der Waals surface area contributed by atoms with Crippen molar-refractivity contribution in [3.05, 3.63) is 34.2 Å². The Kier molecular flexibility index (Phi) is 3.12. The summed E-state index contributed by atoms with van der Waals surface area (Å²) in [5, 5.41) is 12.2. The molecule has 1 N–H and O–H groups in total. The molecule has 0 unspecified atom stereocenters. The van der Waals surface area contributed by atoms with Crippen LogP contribution in [0.15, 0.2) is 17.8 Å². The summed E-state index contributed by atoms with van der Waals surface area (Å²) in [5.74, 6) is 0.0586. The molecule has 0 radical (unpaired) electrons. The zero-order valence-electron chi connectivity index (χ0n) is 9.25. The van der Waals surface area contributed by atoms with Gasteiger partial charge in [-0.2, -0.15) is 5.26 Å². The van der Waals surface area contributed by atoms with Gasteiger partial charge in [0.25, 0.3) is 0 Å². The predicted molar refractivity (Wildman–Crippen MR) is 64.6 cm³/mol. The summed E-state index contributed by atoms with van der Waals surface area (Å²) in [6, 6.07) is 3.63. The maximum absolute atomic E-state index is 11.5. The average Bonchev–Trinajstić information content (AvgIpc) is 2.68. The standard InChI is InChI=1S/C12H10ClN3O/c1-7-5-11(13)15-9(6-14)12(7)16-8-3-2-4-10(8)17/h3,5,16H,2,4H2,1H3. The van der Waals surface area contributed by atoms with Crippen LogP contribution >= 0.6 is 11.6 Å². The van der Waals surface area contributed by atoms with Crippen LogP contribution in [0.5, 0.6) is 0 Å². The van der Waals surface area contributed by atoms with Gasteiger partial charge in [0.2, 0.25) is 0 Å². The summed E-state index contributed by atoms with van der Waals surface area (Å²) in [5.41, 5.74) is 2.09. The maximum atomic E-state index is 11.5. The van der Waals surface area contributed by atoms with Crippen LogP contribution < -0.4 is 5.32 Å². The molecular weight excluding hydrogens is 238 g/mol. The van der Waals surface area contributed by atoms with E-state index in [0.717, 1.165) is 12.0 Å². The van der Waals surface area contributed by atoms with E-state index < -0.39 is 0 Å². The minimum atomic E-state index is 0.0586. The van der Waals surface area contributed by atoms with E-state index >= 15 is 0 Å². The number of halogens is 1. The second kappa shape index (κ2) is 4.56. The zero-order valence-corrected chi connectivity index (χ0v) is 10.0. The molecule has 1 aliphatic rings. The Morgan fingerprint density at radius 1 is 1.59 bits per heavy atom. The Balaban J connectivity index is 2.39. The van der Waals surface area contributed by atoms with Crippen LogP contribution in [0.3, 0.4) is 0 Å². The normalized spacial score (nSPS) is 14.4. The molecule has 1 heterocycles. The summed E-state index contributed by atoms with van der Waals surface area (Å²) < 4.78 is 0. The van der Waals surface area contributed by atoms with Crippen LogP contribution in [0, 0.1) is 18.3 Å². The highest BCUT2D eigenvalue weighted by Crippen LogP contribution is 2.25. The largest absolute Gasteiger partial charge is 0.350 e. The number of anilines is 1. The van der Waals surface area contributed by atoms with Gasteiger partial charge in [-0.15, -0.1) is 0 Å². The Morgan fingerprint density at radius 2 is 2.35 bits per heavy atom. The number of allylic oxidation sites excluding steroid dienone is 2. The fourth-order valence-corrected chi connectivity index (χ4v) is 1.97. The first-order chi connectivity index (χ1) is 8.11. The van der Waals surface area contributed by atoms with Gasteiger partial charge in [-0.1, -0.05) is 17.7 Å². The van der Waals surface area contributed by atoms with Crippen LogP contribution in [-0.4, -0.2) is 10.8 Å². The Hall–Kier alpha value is -1.86. The third-order valence-corrected chi connectivity index (χ3v) is 2.76. The molecule has 0 aromatic carbocycles. The molecule has 0 saturated heterocycles. The minimum absolute atomic E-state index is 0.0586. The van der Waals surface area contributed by atoms with Gasteiger partial charge in [0.15, 0.2) is 11.5 Å². The molecule has 0 amide bonds. The van der Waals surface area contributed by atoms with E-state index in [1.165, 1.54) is 0 Å². The molecule has 5 heteroatoms. The van der Waals surface area contributed by atoms with Gasteiger partial charge in [0.05, 0.1) is 11.4 Å². The summed E-state index contributed by atoms with van der Waals surface area (Å²) >= 11 is 5.77. The van der Waals surface area contributed by atoms with E-state index in [2.05, 4.69) is 10.3 Å². The summed E-state index contributed by atoms with van der Waals surface area (Å²) in [7, 11) is 0. The number of rotatable bonds is 2. The van der Waals surface area contributed by atoms with Gasteiger partial charge < -0.3 is 5.32 Å². The summed E-state index contributed by atoms with van der Waals surface area (Å²) in [6.07, 6.45) is 3.09. The van der Waals surface area contributed by atoms with Crippen molar-refractivity contribution >= 4 is 23.1 Å². The van der Waals surface area contributed by atoms with Crippen LogP contribution in [0.4, 0.5) is 5.69 Å². The van der Waals surface area contributed by atoms with Gasteiger partial charge in [-0.25, -0.2) is 4.98 Å². The van der Waals surface area contributed by atoms with Crippen molar-refractivity contribution in [3.63, 3.8) is 0 Å². The molecule has 1 aliphatic carbocycles. The van der Waals surface area contributed by atoms with Crippen molar-refractivity contribution in [2.24, 2.45) is 0 Å². The van der Waals surface area contributed by atoms with Crippen molar-refractivity contribution in [3.8, 4) is 6.07 Å². The highest BCUT2D eigenvalue weighted by atomic mass is 35.5. The second-order valence-corrected chi connectivity index (χ2v) is 4.19. The second-order valence-electron chi connectivity index (χ2n) is 3.80. The van der Waals surface area contributed by atoms with E-state index in [1.807, 2.05) is 19.1 Å². The van der Waals surface area contributed by atoms with Crippen molar-refractivity contribution in [2.45, 2.75) is 19.8 Å². The van der Waals surface area contributed by atoms with Gasteiger partial charge in [0.1, 0.15) is 11.2 Å². The highest BCUT2D eigenvalue weighted by molar-refractivity contribution is 6.29. The number of ketones is 1. The highest BCUT2D eigenvalue weighted by Gasteiger charge is 2.18. The van der Waals surface area contributed by atoms with Gasteiger partial charge in [-0.05, 0) is 25.0 Å². The number of aromatic nitrogens is 1. The Morgan fingerprint density at radius 3 is 2.94 bits per heavy atom. The van der Waals surface area contributed by atoms with Crippen LogP contribution in [0.2, 0.25) is 5.15 Å². The van der Waals surface area contributed by atoms with Gasteiger partial charge in [-0.3, -0.25) is 4.79 Å². The smallest absolute Gasteiger partial charge is 0.178 e. The fraction of sp³-hybridized carbons (Fsp3) is 0.250. The Labute approximate surface area is 104 Å². The molecule has 4 nitrogen and oxygen atoms in total. The molecule has 17 heavy (non-hydrogen) atoms. The maximum Gasteiger partial charge on any atom is 0.178 e. The average molecular weight is 248 g/mol. The molecule has 0 spiro atoms. The minimum Gasteiger partial charge on any atom is -0.350 e. The lowest BCUT2D eigenvalue weighted by molar-refractivity contribution is -0.114. The number of pyridine rings is 1. The number of nitrogens with zero attached hydrogens (tertiary/aromatic N) is 2. The van der Waals surface area contributed by atoms with E-state index in [4.69, 9.17) is 16.9 Å². The number of nitriles is 1. The van der Waals surface area contributed by atoms with Gasteiger partial charge in [0, 0.05) is 6.42 Å². The van der Waals surface area contributed by atoms with Crippen molar-refractivity contribution in [2.75, 3.05) is 5.32 Å². The SMILES string of the molecule is Cc1cc(Cl)nc(C#N)c1NC1=CCCC1=O. The van der Waals surface area contributed by atoms with Crippen molar-refractivity contribution in [1.29, 1.82) is 5.26 Å². The number of hydrogen-bond acceptors (Lipinski definition) is 4. The fourth-order valence-electron chi connectivity index (χ4n) is 1.72. The third kappa shape index (κ3) is 2.29. The molecule has 0 saturated carbocycles. The molecule has 0 bridgehead atoms. The molecule has 86 valence electrons. The number of Topliss-reactive ketones (excluding diaryl/α,β-unsaturated/α-hetero) is 1. The number of nitrogens with one attached hydrogen (secondary N) is 1. The number of aryl methyl sites for hydroxylation is 1. The van der Waals surface area contributed by atoms with E-state index in [1.54, 1.807) is 6.07 Å². The summed E-state index contributed by atoms with van der Waals surface area (Å²) in [4.78, 5) is 15.4. The number of carbonyl (C=O) groups excluding carboxylic acids is 1. The molecular formula is C12H10ClN3O. The first kappa shape index (κ1) is 11.6. The first-order valence-corrected chi connectivity index (χ1v) is 5.57. The van der Waals surface area contributed by atoms with E-state index in [-0.39, 0.29) is 16.6 Å². The monoisotopic (exact) mass is 247 g/mol. The first-order valence-electron chi connectivity index (χ1n) is 5.19. The lowest BCUT2D eigenvalue weighted by Gasteiger charge is -2.11. The molecule has 0 aliphatic heterocycles. The molecule has 1 aromatic rings. The van der Waals surface area contributed by atoms with E-state index in [9.17, 15) is 4.79 Å². The van der Waals surface area contributed by atoms with Crippen LogP contribution in [0.25, 0.3) is 0 Å².